The molecule has 2 aromatic carbocycles. The van der Waals surface area contributed by atoms with Gasteiger partial charge in [-0.15, -0.1) is 0 Å². The largest absolute Gasteiger partial charge is 0.466 e. The number of piperidine rings is 1. The molecule has 6 nitrogen and oxygen atoms in total. The molecule has 0 aromatic heterocycles. The lowest BCUT2D eigenvalue weighted by atomic mass is 9.91. The van der Waals surface area contributed by atoms with Crippen molar-refractivity contribution in [1.29, 1.82) is 0 Å². The molecule has 168 valence electrons. The molecule has 3 aliphatic rings. The summed E-state index contributed by atoms with van der Waals surface area (Å²) in [6.45, 7) is 6.83. The van der Waals surface area contributed by atoms with Crippen LogP contribution in [-0.2, 0) is 4.74 Å². The van der Waals surface area contributed by atoms with Gasteiger partial charge >= 0.3 is 6.09 Å². The summed E-state index contributed by atoms with van der Waals surface area (Å²) >= 11 is 3.52. The van der Waals surface area contributed by atoms with Gasteiger partial charge in [-0.2, -0.15) is 5.10 Å². The average molecular weight is 498 g/mol. The Hall–Kier alpha value is -2.54. The Bertz CT molecular complexity index is 1050. The van der Waals surface area contributed by atoms with Gasteiger partial charge in [0.05, 0.1) is 11.8 Å². The Morgan fingerprint density at radius 3 is 2.50 bits per heavy atom. The van der Waals surface area contributed by atoms with Gasteiger partial charge in [-0.1, -0.05) is 46.3 Å². The van der Waals surface area contributed by atoms with Crippen LogP contribution in [0.2, 0.25) is 0 Å². The Labute approximate surface area is 197 Å². The van der Waals surface area contributed by atoms with Gasteiger partial charge in [0.1, 0.15) is 11.4 Å². The fraction of sp³-hybridized carbons (Fsp3) is 0.440. The van der Waals surface area contributed by atoms with Crippen LogP contribution in [0.1, 0.15) is 57.2 Å². The predicted octanol–water partition coefficient (Wildman–Crippen LogP) is 5.72. The molecular formula is C25H28BrN3O3. The van der Waals surface area contributed by atoms with Crippen LogP contribution in [0.25, 0.3) is 0 Å². The number of hydrazone groups is 1. The summed E-state index contributed by atoms with van der Waals surface area (Å²) in [5, 5.41) is 7.26. The highest BCUT2D eigenvalue weighted by atomic mass is 79.9. The average Bonchev–Trinajstić information content (AvgIpc) is 3.20. The number of hydrogen-bond donors (Lipinski definition) is 0. The van der Waals surface area contributed by atoms with Crippen molar-refractivity contribution in [3.63, 3.8) is 0 Å². The molecule has 5 rings (SSSR count). The zero-order chi connectivity index (χ0) is 22.5. The number of carbonyl (C=O) groups is 1. The third kappa shape index (κ3) is 3.87. The highest BCUT2D eigenvalue weighted by molar-refractivity contribution is 9.10. The van der Waals surface area contributed by atoms with Gasteiger partial charge in [-0.05, 0) is 44.5 Å². The Balaban J connectivity index is 1.44. The summed E-state index contributed by atoms with van der Waals surface area (Å²) in [5.41, 5.74) is 2.30. The van der Waals surface area contributed by atoms with Crippen LogP contribution in [0.5, 0.6) is 5.75 Å². The summed E-state index contributed by atoms with van der Waals surface area (Å²) in [7, 11) is 0. The van der Waals surface area contributed by atoms with Gasteiger partial charge in [0.25, 0.3) is 0 Å². The van der Waals surface area contributed by atoms with Crippen molar-refractivity contribution < 1.29 is 14.3 Å². The lowest BCUT2D eigenvalue weighted by Gasteiger charge is -2.51. The molecule has 1 spiro atoms. The van der Waals surface area contributed by atoms with E-state index in [0.717, 1.165) is 27.9 Å². The number of amides is 1. The molecule has 0 bridgehead atoms. The number of likely N-dealkylation sites (tertiary alicyclic amines) is 1. The van der Waals surface area contributed by atoms with Crippen molar-refractivity contribution in [2.24, 2.45) is 5.10 Å². The van der Waals surface area contributed by atoms with Crippen LogP contribution in [-0.4, -0.2) is 46.1 Å². The fourth-order valence-electron chi connectivity index (χ4n) is 4.74. The van der Waals surface area contributed by atoms with E-state index in [0.29, 0.717) is 25.9 Å². The van der Waals surface area contributed by atoms with Crippen molar-refractivity contribution in [1.82, 2.24) is 9.91 Å². The van der Waals surface area contributed by atoms with E-state index >= 15 is 0 Å². The zero-order valence-corrected chi connectivity index (χ0v) is 20.3. The molecule has 0 aliphatic carbocycles. The van der Waals surface area contributed by atoms with Crippen molar-refractivity contribution in [2.75, 3.05) is 13.1 Å². The molecule has 32 heavy (non-hydrogen) atoms. The summed E-state index contributed by atoms with van der Waals surface area (Å²) < 4.78 is 13.3. The maximum Gasteiger partial charge on any atom is 0.410 e. The topological polar surface area (TPSA) is 54.4 Å². The summed E-state index contributed by atoms with van der Waals surface area (Å²) in [6.07, 6.45) is 1.92. The van der Waals surface area contributed by atoms with Crippen LogP contribution in [0.15, 0.2) is 58.1 Å². The number of carbonyl (C=O) groups excluding carboxylic acids is 1. The molecule has 2 aromatic rings. The molecule has 3 heterocycles. The number of ether oxygens (including phenoxy) is 2. The molecule has 1 fully saturated rings. The number of nitrogens with zero attached hydrogens (tertiary/aromatic N) is 3. The normalized spacial score (nSPS) is 21.5. The molecule has 1 atom stereocenters. The van der Waals surface area contributed by atoms with E-state index in [9.17, 15) is 4.79 Å². The molecule has 0 radical (unpaired) electrons. The van der Waals surface area contributed by atoms with Crippen LogP contribution in [0, 0.1) is 0 Å². The Morgan fingerprint density at radius 1 is 1.12 bits per heavy atom. The maximum atomic E-state index is 12.6. The maximum absolute atomic E-state index is 12.6. The molecule has 0 unspecified atom stereocenters. The minimum Gasteiger partial charge on any atom is -0.466 e. The first kappa shape index (κ1) is 21.3. The minimum atomic E-state index is -0.561. The second kappa shape index (κ2) is 7.80. The highest BCUT2D eigenvalue weighted by Gasteiger charge is 2.52. The molecule has 0 saturated carbocycles. The smallest absolute Gasteiger partial charge is 0.410 e. The number of rotatable bonds is 1. The van der Waals surface area contributed by atoms with E-state index in [1.807, 2.05) is 32.9 Å². The lowest BCUT2D eigenvalue weighted by molar-refractivity contribution is -0.148. The second-order valence-electron chi connectivity index (χ2n) is 9.67. The van der Waals surface area contributed by atoms with Crippen molar-refractivity contribution in [3.05, 3.63) is 64.1 Å². The summed E-state index contributed by atoms with van der Waals surface area (Å²) in [5.74, 6) is 0.923. The van der Waals surface area contributed by atoms with Crippen LogP contribution in [0.3, 0.4) is 0 Å². The summed E-state index contributed by atoms with van der Waals surface area (Å²) in [6, 6.07) is 16.7. The Morgan fingerprint density at radius 2 is 1.81 bits per heavy atom. The van der Waals surface area contributed by atoms with E-state index in [4.69, 9.17) is 14.6 Å². The van der Waals surface area contributed by atoms with Crippen molar-refractivity contribution in [3.8, 4) is 5.75 Å². The first-order valence-electron chi connectivity index (χ1n) is 11.1. The molecular weight excluding hydrogens is 470 g/mol. The highest BCUT2D eigenvalue weighted by Crippen LogP contribution is 2.50. The SMILES string of the molecule is CC(C)(C)OC(=O)N1CCC2(CC1)Oc1ccccc1[C@H]1CC(c3ccc(Br)cc3)=NN12. The van der Waals surface area contributed by atoms with Gasteiger partial charge in [0.15, 0.2) is 0 Å². The first-order valence-corrected chi connectivity index (χ1v) is 11.9. The predicted molar refractivity (Wildman–Crippen MR) is 127 cm³/mol. The molecule has 1 saturated heterocycles. The van der Waals surface area contributed by atoms with Gasteiger partial charge in [-0.25, -0.2) is 9.80 Å². The molecule has 7 heteroatoms. The summed E-state index contributed by atoms with van der Waals surface area (Å²) in [4.78, 5) is 14.4. The number of fused-ring (bicyclic) bond motifs is 4. The third-order valence-corrected chi connectivity index (χ3v) is 6.81. The van der Waals surface area contributed by atoms with Crippen LogP contribution < -0.4 is 4.74 Å². The van der Waals surface area contributed by atoms with Gasteiger partial charge < -0.3 is 14.4 Å². The quantitative estimate of drug-likeness (QED) is 0.505. The monoisotopic (exact) mass is 497 g/mol. The fourth-order valence-corrected chi connectivity index (χ4v) is 5.01. The van der Waals surface area contributed by atoms with Gasteiger partial charge in [0.2, 0.25) is 5.72 Å². The molecule has 0 N–H and O–H groups in total. The van der Waals surface area contributed by atoms with Crippen LogP contribution >= 0.6 is 15.9 Å². The number of para-hydroxylation sites is 1. The van der Waals surface area contributed by atoms with Gasteiger partial charge in [0, 0.05) is 42.4 Å². The number of benzene rings is 2. The van der Waals surface area contributed by atoms with Crippen LogP contribution in [0.4, 0.5) is 4.79 Å². The second-order valence-corrected chi connectivity index (χ2v) is 10.6. The third-order valence-electron chi connectivity index (χ3n) is 6.28. The first-order chi connectivity index (χ1) is 15.2. The van der Waals surface area contributed by atoms with Gasteiger partial charge in [-0.3, -0.25) is 0 Å². The minimum absolute atomic E-state index is 0.131. The van der Waals surface area contributed by atoms with E-state index in [2.05, 4.69) is 57.3 Å². The zero-order valence-electron chi connectivity index (χ0n) is 18.7. The Kier molecular flexibility index (Phi) is 5.19. The number of hydrogen-bond acceptors (Lipinski definition) is 5. The van der Waals surface area contributed by atoms with Crippen molar-refractivity contribution >= 4 is 27.7 Å². The van der Waals surface area contributed by atoms with E-state index in [1.54, 1.807) is 4.90 Å². The van der Waals surface area contributed by atoms with E-state index in [1.165, 1.54) is 5.56 Å². The van der Waals surface area contributed by atoms with Crippen molar-refractivity contribution in [2.45, 2.75) is 57.4 Å². The molecule has 1 amide bonds. The van der Waals surface area contributed by atoms with E-state index in [-0.39, 0.29) is 12.1 Å². The lowest BCUT2D eigenvalue weighted by Crippen LogP contribution is -2.60. The standard InChI is InChI=1S/C25H28BrN3O3/c1-24(2,3)32-23(30)28-14-12-25(13-15-28)29-21(19-6-4-5-7-22(19)31-25)16-20(27-29)17-8-10-18(26)11-9-17/h4-11,21H,12-16H2,1-3H3/t21-/m1/s1. The van der Waals surface area contributed by atoms with E-state index < -0.39 is 11.3 Å². The number of halogens is 1. The molecule has 3 aliphatic heterocycles.